The second kappa shape index (κ2) is 9.15. The van der Waals surface area contributed by atoms with E-state index < -0.39 is 17.9 Å². The van der Waals surface area contributed by atoms with Crippen molar-refractivity contribution in [2.45, 2.75) is 18.9 Å². The van der Waals surface area contributed by atoms with Crippen molar-refractivity contribution < 1.29 is 23.9 Å². The maximum Gasteiger partial charge on any atom is 0.313 e. The van der Waals surface area contributed by atoms with E-state index in [1.807, 2.05) is 11.4 Å². The fraction of sp³-hybridized carbons (Fsp3) is 0.227. The number of anilines is 2. The van der Waals surface area contributed by atoms with Gasteiger partial charge in [0.15, 0.2) is 0 Å². The maximum absolute atomic E-state index is 12.8. The maximum atomic E-state index is 12.8. The Kier molecular flexibility index (Phi) is 6.15. The molecule has 1 aliphatic heterocycles. The molecule has 0 unspecified atom stereocenters. The number of fused-ring (bicyclic) bond motifs is 1. The average molecular weight is 439 g/mol. The van der Waals surface area contributed by atoms with E-state index in [-0.39, 0.29) is 12.5 Å². The second-order valence-corrected chi connectivity index (χ2v) is 8.07. The first-order valence-electron chi connectivity index (χ1n) is 9.80. The van der Waals surface area contributed by atoms with E-state index in [1.54, 1.807) is 35.2 Å². The van der Waals surface area contributed by atoms with Crippen molar-refractivity contribution in [1.82, 2.24) is 5.32 Å². The van der Waals surface area contributed by atoms with Crippen LogP contribution in [0.2, 0.25) is 0 Å². The minimum absolute atomic E-state index is 0.0386. The largest absolute Gasteiger partial charge is 0.472 e. The molecule has 0 bridgehead atoms. The van der Waals surface area contributed by atoms with Crippen molar-refractivity contribution in [3.63, 3.8) is 0 Å². The molecule has 31 heavy (non-hydrogen) atoms. The number of nitrogens with zero attached hydrogens (tertiary/aromatic N) is 1. The fourth-order valence-corrected chi connectivity index (χ4v) is 4.13. The molecule has 8 nitrogen and oxygen atoms in total. The van der Waals surface area contributed by atoms with E-state index in [4.69, 9.17) is 4.42 Å². The molecule has 3 amide bonds. The zero-order valence-electron chi connectivity index (χ0n) is 16.5. The Morgan fingerprint density at radius 2 is 2.06 bits per heavy atom. The standard InChI is InChI=1S/C22H21N3O5S/c26-18(15-7-9-30-13-15)12-23-20(27)21(28)24-16-5-6-17-14(11-16)3-1-8-25(17)22(29)19-4-2-10-31-19/h2,4-7,9-11,13,18,26H,1,3,8,12H2,(H,23,27)(H,24,28)/t18-/m0/s1. The molecular weight excluding hydrogens is 418 g/mol. The Morgan fingerprint density at radius 1 is 1.19 bits per heavy atom. The van der Waals surface area contributed by atoms with Crippen molar-refractivity contribution in [3.05, 3.63) is 70.3 Å². The molecule has 0 radical (unpaired) electrons. The number of rotatable bonds is 5. The number of amides is 3. The van der Waals surface area contributed by atoms with Crippen LogP contribution in [-0.2, 0) is 16.0 Å². The first-order chi connectivity index (χ1) is 15.0. The molecule has 0 spiro atoms. The summed E-state index contributed by atoms with van der Waals surface area (Å²) in [5, 5.41) is 16.8. The van der Waals surface area contributed by atoms with E-state index in [2.05, 4.69) is 10.6 Å². The van der Waals surface area contributed by atoms with Gasteiger partial charge in [0.2, 0.25) is 0 Å². The molecule has 0 saturated heterocycles. The molecule has 3 aromatic rings. The van der Waals surface area contributed by atoms with Crippen LogP contribution in [0.5, 0.6) is 0 Å². The lowest BCUT2D eigenvalue weighted by atomic mass is 10.0. The summed E-state index contributed by atoms with van der Waals surface area (Å²) in [6.07, 6.45) is 3.41. The first kappa shape index (κ1) is 20.8. The van der Waals surface area contributed by atoms with Crippen LogP contribution in [-0.4, -0.2) is 35.9 Å². The Hall–Kier alpha value is -3.43. The number of aliphatic hydroxyl groups excluding tert-OH is 1. The van der Waals surface area contributed by atoms with Crippen molar-refractivity contribution in [3.8, 4) is 0 Å². The third kappa shape index (κ3) is 4.68. The highest BCUT2D eigenvalue weighted by Gasteiger charge is 2.25. The summed E-state index contributed by atoms with van der Waals surface area (Å²) in [5.74, 6) is -1.72. The molecule has 9 heteroatoms. The van der Waals surface area contributed by atoms with Gasteiger partial charge >= 0.3 is 11.8 Å². The van der Waals surface area contributed by atoms with Crippen LogP contribution in [0.15, 0.2) is 58.7 Å². The molecular formula is C22H21N3O5S. The minimum atomic E-state index is -0.967. The van der Waals surface area contributed by atoms with Crippen LogP contribution in [0, 0.1) is 0 Å². The topological polar surface area (TPSA) is 112 Å². The lowest BCUT2D eigenvalue weighted by Crippen LogP contribution is -2.37. The van der Waals surface area contributed by atoms with Crippen molar-refractivity contribution in [2.75, 3.05) is 23.3 Å². The van der Waals surface area contributed by atoms with E-state index in [9.17, 15) is 19.5 Å². The predicted molar refractivity (Wildman–Crippen MR) is 116 cm³/mol. The van der Waals surface area contributed by atoms with Gasteiger partial charge in [0.1, 0.15) is 0 Å². The quantitative estimate of drug-likeness (QED) is 0.529. The van der Waals surface area contributed by atoms with Gasteiger partial charge in [0.05, 0.1) is 23.5 Å². The fourth-order valence-electron chi connectivity index (χ4n) is 3.46. The number of benzene rings is 1. The Balaban J connectivity index is 1.39. The molecule has 1 aliphatic rings. The highest BCUT2D eigenvalue weighted by molar-refractivity contribution is 7.12. The third-order valence-electron chi connectivity index (χ3n) is 5.02. The van der Waals surface area contributed by atoms with Crippen LogP contribution < -0.4 is 15.5 Å². The third-order valence-corrected chi connectivity index (χ3v) is 5.88. The second-order valence-electron chi connectivity index (χ2n) is 7.12. The van der Waals surface area contributed by atoms with Crippen molar-refractivity contribution in [2.24, 2.45) is 0 Å². The number of aryl methyl sites for hydroxylation is 1. The van der Waals surface area contributed by atoms with Gasteiger partial charge in [-0.3, -0.25) is 14.4 Å². The number of hydrogen-bond donors (Lipinski definition) is 3. The van der Waals surface area contributed by atoms with Crippen LogP contribution >= 0.6 is 11.3 Å². The Morgan fingerprint density at radius 3 is 2.81 bits per heavy atom. The molecule has 4 rings (SSSR count). The summed E-state index contributed by atoms with van der Waals surface area (Å²) >= 11 is 1.40. The zero-order chi connectivity index (χ0) is 21.8. The number of furan rings is 1. The van der Waals surface area contributed by atoms with Gasteiger partial charge in [0.25, 0.3) is 5.91 Å². The summed E-state index contributed by atoms with van der Waals surface area (Å²) in [5.41, 5.74) is 2.73. The van der Waals surface area contributed by atoms with E-state index in [0.717, 1.165) is 24.1 Å². The van der Waals surface area contributed by atoms with Gasteiger partial charge in [-0.15, -0.1) is 11.3 Å². The summed E-state index contributed by atoms with van der Waals surface area (Å²) in [7, 11) is 0. The summed E-state index contributed by atoms with van der Waals surface area (Å²) in [4.78, 5) is 39.5. The number of aliphatic hydroxyl groups is 1. The lowest BCUT2D eigenvalue weighted by Gasteiger charge is -2.29. The Bertz CT molecular complexity index is 1080. The van der Waals surface area contributed by atoms with Gasteiger partial charge in [-0.25, -0.2) is 0 Å². The van der Waals surface area contributed by atoms with Crippen LogP contribution in [0.4, 0.5) is 11.4 Å². The highest BCUT2D eigenvalue weighted by atomic mass is 32.1. The van der Waals surface area contributed by atoms with Gasteiger partial charge in [-0.1, -0.05) is 6.07 Å². The van der Waals surface area contributed by atoms with Crippen LogP contribution in [0.1, 0.15) is 33.3 Å². The van der Waals surface area contributed by atoms with Gasteiger partial charge in [-0.2, -0.15) is 0 Å². The van der Waals surface area contributed by atoms with Gasteiger partial charge in [0, 0.05) is 30.0 Å². The molecule has 2 aromatic heterocycles. The molecule has 0 aliphatic carbocycles. The number of nitrogens with one attached hydrogen (secondary N) is 2. The van der Waals surface area contributed by atoms with Crippen LogP contribution in [0.25, 0.3) is 0 Å². The summed E-state index contributed by atoms with van der Waals surface area (Å²) in [6, 6.07) is 10.5. The average Bonchev–Trinajstić information content (AvgIpc) is 3.50. The molecule has 0 saturated carbocycles. The molecule has 3 heterocycles. The van der Waals surface area contributed by atoms with Gasteiger partial charge in [-0.05, 0) is 54.1 Å². The number of thiophene rings is 1. The number of carbonyl (C=O) groups excluding carboxylic acids is 3. The summed E-state index contributed by atoms with van der Waals surface area (Å²) in [6.45, 7) is 0.520. The van der Waals surface area contributed by atoms with Crippen molar-refractivity contribution in [1.29, 1.82) is 0 Å². The van der Waals surface area contributed by atoms with Crippen molar-refractivity contribution >= 4 is 40.4 Å². The predicted octanol–water partition coefficient (Wildman–Crippen LogP) is 2.72. The van der Waals surface area contributed by atoms with Gasteiger partial charge < -0.3 is 25.1 Å². The molecule has 1 atom stereocenters. The zero-order valence-corrected chi connectivity index (χ0v) is 17.4. The van der Waals surface area contributed by atoms with Crippen LogP contribution in [0.3, 0.4) is 0 Å². The minimum Gasteiger partial charge on any atom is -0.472 e. The molecule has 0 fully saturated rings. The molecule has 1 aromatic carbocycles. The highest BCUT2D eigenvalue weighted by Crippen LogP contribution is 2.31. The van der Waals surface area contributed by atoms with E-state index in [1.165, 1.54) is 23.9 Å². The lowest BCUT2D eigenvalue weighted by molar-refractivity contribution is -0.136. The SMILES string of the molecule is O=C(NC[C@H](O)c1ccoc1)C(=O)Nc1ccc2c(c1)CCCN2C(=O)c1cccs1. The van der Waals surface area contributed by atoms with E-state index in [0.29, 0.717) is 22.7 Å². The number of hydrogen-bond acceptors (Lipinski definition) is 6. The smallest absolute Gasteiger partial charge is 0.313 e. The summed E-state index contributed by atoms with van der Waals surface area (Å²) < 4.78 is 4.88. The molecule has 3 N–H and O–H groups in total. The molecule has 160 valence electrons. The normalized spacial score (nSPS) is 13.9. The van der Waals surface area contributed by atoms with E-state index >= 15 is 0 Å². The Labute approximate surface area is 182 Å². The number of carbonyl (C=O) groups is 3. The monoisotopic (exact) mass is 439 g/mol. The first-order valence-corrected chi connectivity index (χ1v) is 10.7.